The molecule has 4 aliphatic rings. The summed E-state index contributed by atoms with van der Waals surface area (Å²) in [7, 11) is 4.26. The molecule has 0 radical (unpaired) electrons. The van der Waals surface area contributed by atoms with Gasteiger partial charge < -0.3 is 34.5 Å². The van der Waals surface area contributed by atoms with E-state index in [2.05, 4.69) is 61.7 Å². The summed E-state index contributed by atoms with van der Waals surface area (Å²) >= 11 is 0. The van der Waals surface area contributed by atoms with Gasteiger partial charge in [0.25, 0.3) is 0 Å². The predicted molar refractivity (Wildman–Crippen MR) is 177 cm³/mol. The number of carbonyl (C=O) groups excluding carboxylic acids is 3. The molecule has 0 aromatic heterocycles. The summed E-state index contributed by atoms with van der Waals surface area (Å²) in [5.41, 5.74) is 0.983. The molecule has 1 unspecified atom stereocenters. The fourth-order valence-corrected chi connectivity index (χ4v) is 7.11. The van der Waals surface area contributed by atoms with Gasteiger partial charge in [-0.3, -0.25) is 14.4 Å². The number of ether oxygens (including phenoxy) is 4. The van der Waals surface area contributed by atoms with Gasteiger partial charge in [0.2, 0.25) is 11.8 Å². The van der Waals surface area contributed by atoms with Crippen molar-refractivity contribution in [2.45, 2.75) is 147 Å². The van der Waals surface area contributed by atoms with Crippen LogP contribution in [0.1, 0.15) is 92.4 Å². The van der Waals surface area contributed by atoms with Gasteiger partial charge in [-0.1, -0.05) is 30.7 Å². The topological polar surface area (TPSA) is 119 Å². The van der Waals surface area contributed by atoms with Gasteiger partial charge in [0, 0.05) is 37.9 Å². The summed E-state index contributed by atoms with van der Waals surface area (Å²) in [6.45, 7) is 10.0. The minimum Gasteiger partial charge on any atom is -0.459 e. The molecule has 4 fully saturated rings. The zero-order valence-corrected chi connectivity index (χ0v) is 29.0. The van der Waals surface area contributed by atoms with Crippen LogP contribution in [0.15, 0.2) is 36.0 Å². The average molecular weight is 644 g/mol. The molecule has 1 spiro atoms. The van der Waals surface area contributed by atoms with E-state index in [4.69, 9.17) is 18.9 Å². The molecule has 3 aliphatic heterocycles. The molecule has 0 aromatic rings. The van der Waals surface area contributed by atoms with E-state index in [0.29, 0.717) is 12.5 Å². The number of rotatable bonds is 12. The van der Waals surface area contributed by atoms with Gasteiger partial charge in [0.05, 0.1) is 49.1 Å². The van der Waals surface area contributed by atoms with Crippen molar-refractivity contribution in [3.8, 4) is 0 Å². The Morgan fingerprint density at radius 3 is 2.39 bits per heavy atom. The summed E-state index contributed by atoms with van der Waals surface area (Å²) in [5.74, 6) is -0.257. The number of esters is 1. The van der Waals surface area contributed by atoms with Crippen molar-refractivity contribution in [2.24, 2.45) is 5.92 Å². The zero-order chi connectivity index (χ0) is 33.4. The summed E-state index contributed by atoms with van der Waals surface area (Å²) in [6, 6.07) is 0.780. The maximum Gasteiger partial charge on any atom is 0.303 e. The van der Waals surface area contributed by atoms with Crippen LogP contribution >= 0.6 is 0 Å². The first kappa shape index (κ1) is 36.3. The molecule has 46 heavy (non-hydrogen) atoms. The van der Waals surface area contributed by atoms with Crippen LogP contribution in [0, 0.1) is 5.92 Å². The molecule has 3 saturated heterocycles. The molecule has 0 bridgehead atoms. The van der Waals surface area contributed by atoms with E-state index in [1.54, 1.807) is 13.0 Å². The number of epoxide rings is 1. The number of amides is 2. The highest BCUT2D eigenvalue weighted by Crippen LogP contribution is 2.43. The van der Waals surface area contributed by atoms with Crippen LogP contribution in [0.3, 0.4) is 0 Å². The number of nitrogens with one attached hydrogen (secondary N) is 2. The fraction of sp³-hybridized carbons (Fsp3) is 0.750. The summed E-state index contributed by atoms with van der Waals surface area (Å²) < 4.78 is 23.6. The smallest absolute Gasteiger partial charge is 0.303 e. The highest BCUT2D eigenvalue weighted by molar-refractivity contribution is 5.87. The predicted octanol–water partition coefficient (Wildman–Crippen LogP) is 4.38. The second-order valence-corrected chi connectivity index (χ2v) is 14.3. The quantitative estimate of drug-likeness (QED) is 0.139. The van der Waals surface area contributed by atoms with Crippen molar-refractivity contribution >= 4 is 17.8 Å². The molecule has 1 aliphatic carbocycles. The van der Waals surface area contributed by atoms with Crippen LogP contribution in [0.5, 0.6) is 0 Å². The Bertz CT molecular complexity index is 1140. The Kier molecular flexibility index (Phi) is 13.0. The third-order valence-corrected chi connectivity index (χ3v) is 9.96. The van der Waals surface area contributed by atoms with E-state index >= 15 is 0 Å². The summed E-state index contributed by atoms with van der Waals surface area (Å²) in [4.78, 5) is 38.7. The van der Waals surface area contributed by atoms with E-state index in [0.717, 1.165) is 63.5 Å². The number of carbonyl (C=O) groups is 3. The van der Waals surface area contributed by atoms with Gasteiger partial charge in [-0.05, 0) is 85.4 Å². The van der Waals surface area contributed by atoms with Crippen LogP contribution in [-0.4, -0.2) is 97.6 Å². The Morgan fingerprint density at radius 2 is 1.74 bits per heavy atom. The second-order valence-electron chi connectivity index (χ2n) is 14.3. The van der Waals surface area contributed by atoms with Gasteiger partial charge in [-0.15, -0.1) is 0 Å². The number of hydrogen-bond acceptors (Lipinski definition) is 8. The lowest BCUT2D eigenvalue weighted by molar-refractivity contribution is -0.143. The molecule has 10 heteroatoms. The molecule has 10 nitrogen and oxygen atoms in total. The highest BCUT2D eigenvalue weighted by Gasteiger charge is 2.51. The van der Waals surface area contributed by atoms with E-state index < -0.39 is 6.10 Å². The van der Waals surface area contributed by atoms with Crippen LogP contribution < -0.4 is 10.6 Å². The molecular weight excluding hydrogens is 586 g/mol. The number of allylic oxidation sites excluding steroid dienone is 2. The molecule has 8 atom stereocenters. The number of hydrogen-bond donors (Lipinski definition) is 2. The Balaban J connectivity index is 1.21. The fourth-order valence-electron chi connectivity index (χ4n) is 7.11. The minimum atomic E-state index is -0.459. The number of nitrogens with zero attached hydrogens (tertiary/aromatic N) is 1. The van der Waals surface area contributed by atoms with Gasteiger partial charge in [0.1, 0.15) is 6.10 Å². The normalized spacial score (nSPS) is 35.8. The zero-order valence-electron chi connectivity index (χ0n) is 29.0. The molecule has 2 N–H and O–H groups in total. The maximum atomic E-state index is 12.9. The molecule has 2 amide bonds. The first-order chi connectivity index (χ1) is 21.8. The van der Waals surface area contributed by atoms with Gasteiger partial charge >= 0.3 is 5.97 Å². The van der Waals surface area contributed by atoms with Gasteiger partial charge in [-0.2, -0.15) is 0 Å². The largest absolute Gasteiger partial charge is 0.459 e. The summed E-state index contributed by atoms with van der Waals surface area (Å²) in [5, 5.41) is 6.30. The molecule has 3 heterocycles. The Labute approximate surface area is 275 Å². The average Bonchev–Trinajstić information content (AvgIpc) is 3.72. The lowest BCUT2D eigenvalue weighted by atomic mass is 9.88. The molecule has 258 valence electrons. The minimum absolute atomic E-state index is 0.0564. The standard InChI is InChI=1S/C36H57N3O7/c1-23(9-16-33-24(2)18-32(26(4)45-33)38-34(41)17-10-25(3)44-27(5)40)8-15-30-20-36(22-43-36)21-31(46-30)19-35(42)37-28-11-13-29(14-12-28)39(6)7/h8-10,15,17,24-26,28-33H,11-14,16,18-22H2,1-7H3,(H,37,42)(H,38,41)/b15-8+,17-10-,23-9+/t24-,25?,26+,28?,29?,30+,31+,32+,33-,36+/m0/s1. The molecular formula is C36H57N3O7. The van der Waals surface area contributed by atoms with Crippen molar-refractivity contribution in [1.82, 2.24) is 15.5 Å². The van der Waals surface area contributed by atoms with Crippen LogP contribution in [0.25, 0.3) is 0 Å². The van der Waals surface area contributed by atoms with Gasteiger partial charge in [0.15, 0.2) is 0 Å². The summed E-state index contributed by atoms with van der Waals surface area (Å²) in [6.07, 6.45) is 16.5. The first-order valence-corrected chi connectivity index (χ1v) is 17.2. The van der Waals surface area contributed by atoms with Crippen molar-refractivity contribution in [1.29, 1.82) is 0 Å². The first-order valence-electron chi connectivity index (χ1n) is 17.2. The molecule has 4 rings (SSSR count). The molecule has 0 aromatic carbocycles. The lowest BCUT2D eigenvalue weighted by Crippen LogP contribution is -2.50. The van der Waals surface area contributed by atoms with E-state index in [1.165, 1.54) is 13.0 Å². The van der Waals surface area contributed by atoms with Crippen LogP contribution in [0.4, 0.5) is 0 Å². The van der Waals surface area contributed by atoms with Crippen LogP contribution in [-0.2, 0) is 33.3 Å². The van der Waals surface area contributed by atoms with E-state index in [-0.39, 0.29) is 65.8 Å². The van der Waals surface area contributed by atoms with E-state index in [1.807, 2.05) is 6.92 Å². The second kappa shape index (κ2) is 16.5. The van der Waals surface area contributed by atoms with Crippen molar-refractivity contribution in [3.05, 3.63) is 36.0 Å². The Hall–Kier alpha value is -2.53. The van der Waals surface area contributed by atoms with Crippen LogP contribution in [0.2, 0.25) is 0 Å². The molecule has 1 saturated carbocycles. The third-order valence-electron chi connectivity index (χ3n) is 9.96. The van der Waals surface area contributed by atoms with Crippen molar-refractivity contribution in [3.63, 3.8) is 0 Å². The highest BCUT2D eigenvalue weighted by atomic mass is 16.6. The van der Waals surface area contributed by atoms with Gasteiger partial charge in [-0.25, -0.2) is 0 Å². The van der Waals surface area contributed by atoms with E-state index in [9.17, 15) is 14.4 Å². The maximum absolute atomic E-state index is 12.9. The third kappa shape index (κ3) is 11.3. The van der Waals surface area contributed by atoms with Crippen molar-refractivity contribution in [2.75, 3.05) is 20.7 Å². The Morgan fingerprint density at radius 1 is 1.02 bits per heavy atom. The van der Waals surface area contributed by atoms with Crippen molar-refractivity contribution < 1.29 is 33.3 Å². The lowest BCUT2D eigenvalue weighted by Gasteiger charge is -2.39. The SMILES string of the molecule is CC(=O)OC(C)/C=C\C(=O)N[C@@H]1C[C@H](C)[C@H](C/C=C(C)/C=C/[C@@H]2C[C@]3(CO3)C[C@@H](CC(=O)NC3CCC(N(C)C)CC3)O2)O[C@@H]1C. The monoisotopic (exact) mass is 643 g/mol.